The van der Waals surface area contributed by atoms with Gasteiger partial charge in [-0.1, -0.05) is 17.7 Å². The molecule has 0 bridgehead atoms. The zero-order chi connectivity index (χ0) is 11.5. The van der Waals surface area contributed by atoms with Gasteiger partial charge in [-0.2, -0.15) is 0 Å². The molecule has 2 rings (SSSR count). The van der Waals surface area contributed by atoms with Gasteiger partial charge in [0.05, 0.1) is 15.5 Å². The molecule has 4 nitrogen and oxygen atoms in total. The second-order valence-corrected chi connectivity index (χ2v) is 4.48. The highest BCUT2D eigenvalue weighted by Crippen LogP contribution is 2.29. The van der Waals surface area contributed by atoms with Crippen molar-refractivity contribution in [1.82, 2.24) is 5.32 Å². The first kappa shape index (κ1) is 11.4. The van der Waals surface area contributed by atoms with E-state index in [1.165, 1.54) is 18.9 Å². The normalized spacial score (nSPS) is 15.1. The molecule has 0 atom stereocenters. The molecule has 0 aromatic heterocycles. The van der Waals surface area contributed by atoms with Gasteiger partial charge in [-0.05, 0) is 31.4 Å². The minimum atomic E-state index is -0.389. The quantitative estimate of drug-likeness (QED) is 0.636. The second-order valence-electron chi connectivity index (χ2n) is 4.07. The van der Waals surface area contributed by atoms with Gasteiger partial charge in [-0.25, -0.2) is 0 Å². The van der Waals surface area contributed by atoms with Crippen LogP contribution in [0.3, 0.4) is 0 Å². The zero-order valence-electron chi connectivity index (χ0n) is 8.78. The van der Waals surface area contributed by atoms with E-state index in [2.05, 4.69) is 5.32 Å². The molecule has 1 aromatic rings. The summed E-state index contributed by atoms with van der Waals surface area (Å²) in [6, 6.07) is 4.77. The first-order valence-electron chi connectivity index (χ1n) is 5.31. The molecule has 86 valence electrons. The van der Waals surface area contributed by atoms with Gasteiger partial charge in [0.25, 0.3) is 5.69 Å². The Labute approximate surface area is 98.8 Å². The first-order chi connectivity index (χ1) is 7.68. The molecule has 1 fully saturated rings. The van der Waals surface area contributed by atoms with Crippen LogP contribution >= 0.6 is 11.6 Å². The molecule has 5 heteroatoms. The highest BCUT2D eigenvalue weighted by Gasteiger charge is 2.21. The number of hydrogen-bond donors (Lipinski definition) is 1. The molecule has 0 radical (unpaired) electrons. The van der Waals surface area contributed by atoms with Crippen molar-refractivity contribution in [2.45, 2.75) is 19.4 Å². The van der Waals surface area contributed by atoms with E-state index in [0.717, 1.165) is 12.5 Å². The first-order valence-corrected chi connectivity index (χ1v) is 5.69. The van der Waals surface area contributed by atoms with Gasteiger partial charge in [-0.15, -0.1) is 0 Å². The van der Waals surface area contributed by atoms with Crippen LogP contribution in [0.15, 0.2) is 18.2 Å². The van der Waals surface area contributed by atoms with Crippen molar-refractivity contribution in [2.24, 2.45) is 5.92 Å². The largest absolute Gasteiger partial charge is 0.312 e. The van der Waals surface area contributed by atoms with E-state index >= 15 is 0 Å². The summed E-state index contributed by atoms with van der Waals surface area (Å²) in [7, 11) is 0. The van der Waals surface area contributed by atoms with Crippen molar-refractivity contribution < 1.29 is 4.92 Å². The summed E-state index contributed by atoms with van der Waals surface area (Å²) in [5, 5.41) is 14.5. The lowest BCUT2D eigenvalue weighted by Crippen LogP contribution is -2.17. The standard InChI is InChI=1S/C11H13ClN2O2/c12-10-2-1-3-11(14(15)16)9(10)7-13-6-8-4-5-8/h1-3,8,13H,4-7H2. The third-order valence-electron chi connectivity index (χ3n) is 2.72. The van der Waals surface area contributed by atoms with Crippen molar-refractivity contribution in [1.29, 1.82) is 0 Å². The van der Waals surface area contributed by atoms with E-state index in [-0.39, 0.29) is 10.6 Å². The highest BCUT2D eigenvalue weighted by atomic mass is 35.5. The van der Waals surface area contributed by atoms with Crippen LogP contribution in [0, 0.1) is 16.0 Å². The molecule has 1 aliphatic carbocycles. The van der Waals surface area contributed by atoms with E-state index in [1.807, 2.05) is 0 Å². The minimum absolute atomic E-state index is 0.0933. The number of nitrogens with zero attached hydrogens (tertiary/aromatic N) is 1. The zero-order valence-corrected chi connectivity index (χ0v) is 9.54. The van der Waals surface area contributed by atoms with Crippen LogP contribution in [0.2, 0.25) is 5.02 Å². The van der Waals surface area contributed by atoms with Crippen LogP contribution in [-0.2, 0) is 6.54 Å². The third-order valence-corrected chi connectivity index (χ3v) is 3.08. The SMILES string of the molecule is O=[N+]([O-])c1cccc(Cl)c1CNCC1CC1. The summed E-state index contributed by atoms with van der Waals surface area (Å²) in [6.07, 6.45) is 2.52. The van der Waals surface area contributed by atoms with Crippen LogP contribution in [0.25, 0.3) is 0 Å². The Kier molecular flexibility index (Phi) is 3.41. The lowest BCUT2D eigenvalue weighted by Gasteiger charge is -2.06. The predicted molar refractivity (Wildman–Crippen MR) is 62.5 cm³/mol. The summed E-state index contributed by atoms with van der Waals surface area (Å²) >= 11 is 5.96. The fraction of sp³-hybridized carbons (Fsp3) is 0.455. The molecule has 0 saturated heterocycles. The summed E-state index contributed by atoms with van der Waals surface area (Å²) < 4.78 is 0. The molecule has 0 aliphatic heterocycles. The van der Waals surface area contributed by atoms with Gasteiger partial charge in [0.2, 0.25) is 0 Å². The maximum absolute atomic E-state index is 10.8. The number of halogens is 1. The minimum Gasteiger partial charge on any atom is -0.312 e. The van der Waals surface area contributed by atoms with Gasteiger partial charge in [0.1, 0.15) is 0 Å². The highest BCUT2D eigenvalue weighted by molar-refractivity contribution is 6.31. The lowest BCUT2D eigenvalue weighted by atomic mass is 10.2. The molecule has 1 aliphatic rings. The molecule has 1 saturated carbocycles. The maximum Gasteiger partial charge on any atom is 0.275 e. The summed E-state index contributed by atoms with van der Waals surface area (Å²) in [5.74, 6) is 0.751. The maximum atomic E-state index is 10.8. The number of nitro groups is 1. The van der Waals surface area contributed by atoms with E-state index in [4.69, 9.17) is 11.6 Å². The van der Waals surface area contributed by atoms with Gasteiger partial charge in [0.15, 0.2) is 0 Å². The summed E-state index contributed by atoms with van der Waals surface area (Å²) in [6.45, 7) is 1.38. The van der Waals surface area contributed by atoms with Crippen LogP contribution < -0.4 is 5.32 Å². The number of benzene rings is 1. The van der Waals surface area contributed by atoms with Crippen LogP contribution in [0.4, 0.5) is 5.69 Å². The van der Waals surface area contributed by atoms with Crippen molar-refractivity contribution in [3.63, 3.8) is 0 Å². The number of nitro benzene ring substituents is 1. The van der Waals surface area contributed by atoms with Crippen LogP contribution in [0.1, 0.15) is 18.4 Å². The lowest BCUT2D eigenvalue weighted by molar-refractivity contribution is -0.385. The van der Waals surface area contributed by atoms with Gasteiger partial charge >= 0.3 is 0 Å². The van der Waals surface area contributed by atoms with E-state index in [0.29, 0.717) is 17.1 Å². The molecule has 16 heavy (non-hydrogen) atoms. The second kappa shape index (κ2) is 4.80. The van der Waals surface area contributed by atoms with Crippen molar-refractivity contribution in [3.05, 3.63) is 38.9 Å². The van der Waals surface area contributed by atoms with Crippen LogP contribution in [0.5, 0.6) is 0 Å². The van der Waals surface area contributed by atoms with E-state index < -0.39 is 0 Å². The Morgan fingerprint density at radius 3 is 2.88 bits per heavy atom. The average molecular weight is 241 g/mol. The van der Waals surface area contributed by atoms with Crippen LogP contribution in [-0.4, -0.2) is 11.5 Å². The topological polar surface area (TPSA) is 55.2 Å². The summed E-state index contributed by atoms with van der Waals surface area (Å²) in [4.78, 5) is 10.4. The smallest absolute Gasteiger partial charge is 0.275 e. The Morgan fingerprint density at radius 1 is 1.50 bits per heavy atom. The molecule has 0 unspecified atom stereocenters. The van der Waals surface area contributed by atoms with Crippen molar-refractivity contribution in [3.8, 4) is 0 Å². The third kappa shape index (κ3) is 2.71. The molecule has 0 spiro atoms. The van der Waals surface area contributed by atoms with Crippen molar-refractivity contribution >= 4 is 17.3 Å². The molecule has 0 heterocycles. The Hall–Kier alpha value is -1.13. The van der Waals surface area contributed by atoms with Crippen molar-refractivity contribution in [2.75, 3.05) is 6.54 Å². The van der Waals surface area contributed by atoms with Gasteiger partial charge in [0, 0.05) is 12.6 Å². The Bertz CT molecular complexity index is 405. The number of hydrogen-bond acceptors (Lipinski definition) is 3. The summed E-state index contributed by atoms with van der Waals surface area (Å²) in [5.41, 5.74) is 0.672. The molecular formula is C11H13ClN2O2. The molecular weight excluding hydrogens is 228 g/mol. The van der Waals surface area contributed by atoms with E-state index in [1.54, 1.807) is 12.1 Å². The predicted octanol–water partition coefficient (Wildman–Crippen LogP) is 2.75. The fourth-order valence-corrected chi connectivity index (χ4v) is 1.85. The Morgan fingerprint density at radius 2 is 2.25 bits per heavy atom. The van der Waals surface area contributed by atoms with Gasteiger partial charge < -0.3 is 5.32 Å². The van der Waals surface area contributed by atoms with E-state index in [9.17, 15) is 10.1 Å². The fourth-order valence-electron chi connectivity index (χ4n) is 1.62. The molecule has 1 aromatic carbocycles. The molecule has 1 N–H and O–H groups in total. The number of rotatable bonds is 5. The van der Waals surface area contributed by atoms with Gasteiger partial charge in [-0.3, -0.25) is 10.1 Å². The number of nitrogens with one attached hydrogen (secondary N) is 1. The Balaban J connectivity index is 2.06. The monoisotopic (exact) mass is 240 g/mol. The average Bonchev–Trinajstić information content (AvgIpc) is 3.04. The molecule has 0 amide bonds.